The Morgan fingerprint density at radius 2 is 1.68 bits per heavy atom. The molecule has 0 unspecified atom stereocenters. The van der Waals surface area contributed by atoms with E-state index in [4.69, 9.17) is 15.2 Å². The summed E-state index contributed by atoms with van der Waals surface area (Å²) < 4.78 is 12.0. The normalized spacial score (nSPS) is 11.0. The lowest BCUT2D eigenvalue weighted by molar-refractivity contribution is 0.306. The fourth-order valence-corrected chi connectivity index (χ4v) is 3.95. The van der Waals surface area contributed by atoms with Gasteiger partial charge in [0.2, 0.25) is 0 Å². The molecule has 1 heterocycles. The third kappa shape index (κ3) is 4.92. The second kappa shape index (κ2) is 10.2. The molecule has 0 aliphatic heterocycles. The molecule has 0 aliphatic carbocycles. The van der Waals surface area contributed by atoms with Gasteiger partial charge in [-0.1, -0.05) is 42.5 Å². The molecule has 0 atom stereocenters. The Balaban J connectivity index is 1.71. The monoisotopic (exact) mass is 414 g/mol. The molecular formula is C27H30N2O2. The third-order valence-corrected chi connectivity index (χ3v) is 5.46. The van der Waals surface area contributed by atoms with Crippen molar-refractivity contribution >= 4 is 10.9 Å². The second-order valence-corrected chi connectivity index (χ2v) is 7.64. The molecule has 0 radical (unpaired) electrons. The van der Waals surface area contributed by atoms with Gasteiger partial charge >= 0.3 is 0 Å². The largest absolute Gasteiger partial charge is 0.493 e. The fraction of sp³-hybridized carbons (Fsp3) is 0.259. The topological polar surface area (TPSA) is 60.3 Å². The van der Waals surface area contributed by atoms with Gasteiger partial charge in [-0.2, -0.15) is 0 Å². The molecule has 1 aromatic heterocycles. The van der Waals surface area contributed by atoms with E-state index in [2.05, 4.69) is 41.4 Å². The van der Waals surface area contributed by atoms with E-state index < -0.39 is 0 Å². The number of aromatic amines is 1. The van der Waals surface area contributed by atoms with Gasteiger partial charge in [0.05, 0.1) is 12.3 Å². The highest BCUT2D eigenvalue weighted by molar-refractivity contribution is 5.92. The minimum absolute atomic E-state index is 0.555. The maximum absolute atomic E-state index is 6.10. The first-order valence-corrected chi connectivity index (χ1v) is 11.0. The summed E-state index contributed by atoms with van der Waals surface area (Å²) in [5, 5.41) is 1.20. The molecule has 0 amide bonds. The molecule has 0 bridgehead atoms. The van der Waals surface area contributed by atoms with Crippen LogP contribution in [-0.2, 0) is 13.0 Å². The molecule has 4 rings (SSSR count). The van der Waals surface area contributed by atoms with E-state index in [1.165, 1.54) is 10.9 Å². The standard InChI is InChI=1S/C27H30N2O2/c1-2-30-26-14-7-6-13-23(26)27-22(12-8-9-17-28)24-18-21(15-16-25(24)29-27)31-19-20-10-4-3-5-11-20/h3-7,10-11,13-16,18,29H,2,8-9,12,17,19,28H2,1H3. The Morgan fingerprint density at radius 1 is 0.871 bits per heavy atom. The minimum Gasteiger partial charge on any atom is -0.493 e. The number of nitrogens with two attached hydrogens (primary N) is 1. The van der Waals surface area contributed by atoms with Crippen molar-refractivity contribution < 1.29 is 9.47 Å². The van der Waals surface area contributed by atoms with E-state index in [9.17, 15) is 0 Å². The molecule has 4 nitrogen and oxygen atoms in total. The van der Waals surface area contributed by atoms with E-state index >= 15 is 0 Å². The second-order valence-electron chi connectivity index (χ2n) is 7.64. The van der Waals surface area contributed by atoms with Crippen LogP contribution < -0.4 is 15.2 Å². The van der Waals surface area contributed by atoms with Crippen LogP contribution in [0.25, 0.3) is 22.2 Å². The van der Waals surface area contributed by atoms with Gasteiger partial charge in [0.15, 0.2) is 0 Å². The van der Waals surface area contributed by atoms with E-state index in [-0.39, 0.29) is 0 Å². The zero-order valence-electron chi connectivity index (χ0n) is 18.1. The Bertz CT molecular complexity index is 1120. The van der Waals surface area contributed by atoms with E-state index in [0.717, 1.165) is 53.1 Å². The highest BCUT2D eigenvalue weighted by atomic mass is 16.5. The van der Waals surface area contributed by atoms with Crippen molar-refractivity contribution in [3.8, 4) is 22.8 Å². The summed E-state index contributed by atoms with van der Waals surface area (Å²) in [6, 6.07) is 24.8. The number of ether oxygens (including phenoxy) is 2. The Morgan fingerprint density at radius 3 is 2.48 bits per heavy atom. The SMILES string of the molecule is CCOc1ccccc1-c1[nH]c2ccc(OCc3ccccc3)cc2c1CCCCN. The minimum atomic E-state index is 0.555. The van der Waals surface area contributed by atoms with E-state index in [1.54, 1.807) is 0 Å². The van der Waals surface area contributed by atoms with Crippen molar-refractivity contribution in [3.05, 3.63) is 83.9 Å². The molecule has 3 N–H and O–H groups in total. The van der Waals surface area contributed by atoms with Crippen molar-refractivity contribution in [1.82, 2.24) is 4.98 Å². The van der Waals surface area contributed by atoms with Gasteiger partial charge in [0.1, 0.15) is 18.1 Å². The van der Waals surface area contributed by atoms with E-state index in [1.807, 2.05) is 43.3 Å². The Hall–Kier alpha value is -3.24. The summed E-state index contributed by atoms with van der Waals surface area (Å²) in [7, 11) is 0. The average Bonchev–Trinajstić information content (AvgIpc) is 3.17. The maximum atomic E-state index is 6.10. The van der Waals surface area contributed by atoms with Crippen LogP contribution >= 0.6 is 0 Å². The predicted molar refractivity (Wildman–Crippen MR) is 128 cm³/mol. The molecule has 3 aromatic carbocycles. The lowest BCUT2D eigenvalue weighted by atomic mass is 9.99. The zero-order chi connectivity index (χ0) is 21.5. The molecule has 0 spiro atoms. The van der Waals surface area contributed by atoms with Crippen molar-refractivity contribution in [2.45, 2.75) is 32.8 Å². The van der Waals surface area contributed by atoms with Crippen molar-refractivity contribution in [1.29, 1.82) is 0 Å². The van der Waals surface area contributed by atoms with Gasteiger partial charge < -0.3 is 20.2 Å². The van der Waals surface area contributed by atoms with Gasteiger partial charge in [0, 0.05) is 16.5 Å². The van der Waals surface area contributed by atoms with Crippen LogP contribution in [-0.4, -0.2) is 18.1 Å². The number of hydrogen-bond donors (Lipinski definition) is 2. The molecular weight excluding hydrogens is 384 g/mol. The Labute approximate surface area is 184 Å². The quantitative estimate of drug-likeness (QED) is 0.309. The van der Waals surface area contributed by atoms with Crippen LogP contribution in [0.3, 0.4) is 0 Å². The lowest BCUT2D eigenvalue weighted by Crippen LogP contribution is -2.00. The van der Waals surface area contributed by atoms with Gasteiger partial charge in [0.25, 0.3) is 0 Å². The number of aryl methyl sites for hydroxylation is 1. The first-order chi connectivity index (χ1) is 15.3. The highest BCUT2D eigenvalue weighted by Crippen LogP contribution is 2.37. The molecule has 0 saturated heterocycles. The van der Waals surface area contributed by atoms with Crippen LogP contribution in [0.4, 0.5) is 0 Å². The molecule has 0 aliphatic rings. The summed E-state index contributed by atoms with van der Waals surface area (Å²) in [6.07, 6.45) is 3.00. The Kier molecular flexibility index (Phi) is 6.90. The predicted octanol–water partition coefficient (Wildman–Crippen LogP) is 6.09. The van der Waals surface area contributed by atoms with Crippen LogP contribution in [0.5, 0.6) is 11.5 Å². The van der Waals surface area contributed by atoms with E-state index in [0.29, 0.717) is 19.8 Å². The van der Waals surface area contributed by atoms with Crippen molar-refractivity contribution in [3.63, 3.8) is 0 Å². The van der Waals surface area contributed by atoms with Crippen LogP contribution in [0.15, 0.2) is 72.8 Å². The number of rotatable bonds is 10. The number of H-pyrrole nitrogens is 1. The van der Waals surface area contributed by atoms with Crippen molar-refractivity contribution in [2.24, 2.45) is 5.73 Å². The number of nitrogens with one attached hydrogen (secondary N) is 1. The average molecular weight is 415 g/mol. The first-order valence-electron chi connectivity index (χ1n) is 11.0. The molecule has 0 fully saturated rings. The first kappa shape index (κ1) is 21.0. The summed E-state index contributed by atoms with van der Waals surface area (Å²) in [5.41, 5.74) is 11.5. The molecule has 4 heteroatoms. The number of benzene rings is 3. The van der Waals surface area contributed by atoms with Crippen LogP contribution in [0.1, 0.15) is 30.9 Å². The number of hydrogen-bond acceptors (Lipinski definition) is 3. The molecule has 0 saturated carbocycles. The number of unbranched alkanes of at least 4 members (excludes halogenated alkanes) is 1. The van der Waals surface area contributed by atoms with Gasteiger partial charge in [-0.15, -0.1) is 0 Å². The number of para-hydroxylation sites is 1. The van der Waals surface area contributed by atoms with Gasteiger partial charge in [-0.25, -0.2) is 0 Å². The van der Waals surface area contributed by atoms with Crippen LogP contribution in [0.2, 0.25) is 0 Å². The maximum Gasteiger partial charge on any atom is 0.128 e. The smallest absolute Gasteiger partial charge is 0.128 e. The van der Waals surface area contributed by atoms with Crippen molar-refractivity contribution in [2.75, 3.05) is 13.2 Å². The molecule has 160 valence electrons. The van der Waals surface area contributed by atoms with Crippen LogP contribution in [0, 0.1) is 0 Å². The zero-order valence-corrected chi connectivity index (χ0v) is 18.1. The number of aromatic nitrogens is 1. The molecule has 4 aromatic rings. The number of fused-ring (bicyclic) bond motifs is 1. The lowest BCUT2D eigenvalue weighted by Gasteiger charge is -2.11. The summed E-state index contributed by atoms with van der Waals surface area (Å²) in [5.74, 6) is 1.78. The van der Waals surface area contributed by atoms with Gasteiger partial charge in [-0.3, -0.25) is 0 Å². The molecule has 31 heavy (non-hydrogen) atoms. The highest BCUT2D eigenvalue weighted by Gasteiger charge is 2.17. The summed E-state index contributed by atoms with van der Waals surface area (Å²) in [4.78, 5) is 3.64. The summed E-state index contributed by atoms with van der Waals surface area (Å²) >= 11 is 0. The fourth-order valence-electron chi connectivity index (χ4n) is 3.95. The summed E-state index contributed by atoms with van der Waals surface area (Å²) in [6.45, 7) is 3.91. The van der Waals surface area contributed by atoms with Gasteiger partial charge in [-0.05, 0) is 74.2 Å². The third-order valence-electron chi connectivity index (χ3n) is 5.46.